The third-order valence-electron chi connectivity index (χ3n) is 8.26. The van der Waals surface area contributed by atoms with Gasteiger partial charge in [0.1, 0.15) is 5.54 Å². The molecular formula is C28H27Cl3N2O5. The number of rotatable bonds is 6. The van der Waals surface area contributed by atoms with E-state index in [9.17, 15) is 24.3 Å². The van der Waals surface area contributed by atoms with Crippen LogP contribution in [0.25, 0.3) is 0 Å². The van der Waals surface area contributed by atoms with E-state index < -0.39 is 41.2 Å². The number of Topliss-reactive ketones (excluding diaryl/α,β-unsaturated/α-hetero) is 1. The summed E-state index contributed by atoms with van der Waals surface area (Å²) in [6.45, 7) is 1.42. The summed E-state index contributed by atoms with van der Waals surface area (Å²) in [6.07, 6.45) is 5.02. The number of halogens is 3. The molecule has 2 N–H and O–H groups in total. The predicted molar refractivity (Wildman–Crippen MR) is 145 cm³/mol. The summed E-state index contributed by atoms with van der Waals surface area (Å²) >= 11 is 19.2. The highest BCUT2D eigenvalue weighted by Gasteiger charge is 2.69. The van der Waals surface area contributed by atoms with Gasteiger partial charge in [-0.1, -0.05) is 66.9 Å². The molecule has 4 unspecified atom stereocenters. The molecule has 200 valence electrons. The quantitative estimate of drug-likeness (QED) is 0.245. The van der Waals surface area contributed by atoms with E-state index in [0.29, 0.717) is 11.1 Å². The van der Waals surface area contributed by atoms with E-state index in [1.54, 1.807) is 18.2 Å². The third kappa shape index (κ3) is 4.43. The molecule has 5 rings (SSSR count). The van der Waals surface area contributed by atoms with Crippen LogP contribution in [0.5, 0.6) is 0 Å². The van der Waals surface area contributed by atoms with E-state index in [1.807, 2.05) is 0 Å². The molecule has 2 heterocycles. The smallest absolute Gasteiger partial charge is 0.324 e. The Kier molecular flexibility index (Phi) is 7.33. The third-order valence-corrected chi connectivity index (χ3v) is 9.29. The van der Waals surface area contributed by atoms with Crippen molar-refractivity contribution in [2.75, 3.05) is 4.90 Å². The van der Waals surface area contributed by atoms with Gasteiger partial charge in [-0.2, -0.15) is 0 Å². The molecule has 7 nitrogen and oxygen atoms in total. The van der Waals surface area contributed by atoms with Gasteiger partial charge in [0.25, 0.3) is 0 Å². The maximum Gasteiger partial charge on any atom is 0.324 e. The molecule has 2 aromatic rings. The number of hydrogen-bond donors (Lipinski definition) is 2. The van der Waals surface area contributed by atoms with E-state index >= 15 is 0 Å². The summed E-state index contributed by atoms with van der Waals surface area (Å²) in [5, 5.41) is 14.5. The van der Waals surface area contributed by atoms with Gasteiger partial charge in [0.05, 0.1) is 27.6 Å². The number of imide groups is 1. The van der Waals surface area contributed by atoms with Gasteiger partial charge in [0.15, 0.2) is 5.78 Å². The summed E-state index contributed by atoms with van der Waals surface area (Å²) in [7, 11) is 0. The molecule has 0 radical (unpaired) electrons. The van der Waals surface area contributed by atoms with Gasteiger partial charge in [0, 0.05) is 16.6 Å². The first-order valence-electron chi connectivity index (χ1n) is 12.7. The maximum absolute atomic E-state index is 14.0. The van der Waals surface area contributed by atoms with Gasteiger partial charge in [-0.05, 0) is 61.2 Å². The monoisotopic (exact) mass is 576 g/mol. The average Bonchev–Trinajstić information content (AvgIpc) is 3.36. The molecule has 2 aliphatic heterocycles. The highest BCUT2D eigenvalue weighted by Crippen LogP contribution is 2.54. The molecule has 4 atom stereocenters. The minimum atomic E-state index is -1.68. The number of aliphatic carboxylic acids is 1. The molecule has 2 aromatic carbocycles. The average molecular weight is 578 g/mol. The van der Waals surface area contributed by atoms with Crippen molar-refractivity contribution in [3.63, 3.8) is 0 Å². The van der Waals surface area contributed by atoms with Crippen molar-refractivity contribution in [1.29, 1.82) is 0 Å². The summed E-state index contributed by atoms with van der Waals surface area (Å²) in [4.78, 5) is 53.9. The Morgan fingerprint density at radius 3 is 2.29 bits per heavy atom. The van der Waals surface area contributed by atoms with Gasteiger partial charge in [-0.25, -0.2) is 4.90 Å². The lowest BCUT2D eigenvalue weighted by Gasteiger charge is -2.35. The second kappa shape index (κ2) is 10.3. The molecule has 2 saturated heterocycles. The van der Waals surface area contributed by atoms with Crippen LogP contribution in [-0.2, 0) is 14.4 Å². The van der Waals surface area contributed by atoms with Crippen LogP contribution >= 0.6 is 34.8 Å². The first-order chi connectivity index (χ1) is 18.0. The molecule has 3 aliphatic rings. The Morgan fingerprint density at radius 2 is 1.68 bits per heavy atom. The van der Waals surface area contributed by atoms with Crippen molar-refractivity contribution in [2.45, 2.75) is 57.0 Å². The van der Waals surface area contributed by atoms with Crippen molar-refractivity contribution >= 4 is 64.1 Å². The second-order valence-corrected chi connectivity index (χ2v) is 11.7. The first-order valence-corrected chi connectivity index (χ1v) is 13.8. The topological polar surface area (TPSA) is 104 Å². The number of hydrogen-bond acceptors (Lipinski definition) is 5. The van der Waals surface area contributed by atoms with E-state index in [2.05, 4.69) is 5.32 Å². The molecule has 0 bridgehead atoms. The van der Waals surface area contributed by atoms with Crippen LogP contribution in [-0.4, -0.2) is 34.2 Å². The zero-order valence-electron chi connectivity index (χ0n) is 20.7. The van der Waals surface area contributed by atoms with Crippen molar-refractivity contribution in [2.24, 2.45) is 17.8 Å². The largest absolute Gasteiger partial charge is 0.480 e. The van der Waals surface area contributed by atoms with Gasteiger partial charge in [-0.3, -0.25) is 24.5 Å². The summed E-state index contributed by atoms with van der Waals surface area (Å²) in [5.41, 5.74) is -0.590. The number of carbonyl (C=O) groups excluding carboxylic acids is 3. The minimum Gasteiger partial charge on any atom is -0.480 e. The minimum absolute atomic E-state index is 0.0944. The van der Waals surface area contributed by atoms with Crippen LogP contribution in [0.15, 0.2) is 36.4 Å². The first kappa shape index (κ1) is 27.1. The van der Waals surface area contributed by atoms with Crippen LogP contribution in [0.4, 0.5) is 5.69 Å². The second-order valence-electron chi connectivity index (χ2n) is 10.5. The fourth-order valence-electron chi connectivity index (χ4n) is 6.49. The fourth-order valence-corrected chi connectivity index (χ4v) is 7.23. The number of carboxylic acid groups (broad SMARTS) is 1. The molecule has 10 heteroatoms. The number of carbonyl (C=O) groups is 4. The van der Waals surface area contributed by atoms with E-state index in [-0.39, 0.29) is 38.9 Å². The van der Waals surface area contributed by atoms with Crippen LogP contribution < -0.4 is 10.2 Å². The predicted octanol–water partition coefficient (Wildman–Crippen LogP) is 6.09. The molecule has 0 aromatic heterocycles. The SMILES string of the molecule is CC(=O)c1ccc(N2C(=O)C3C(c4cc(Cl)cc(Cl)c4Cl)NC(CC4CCCCC4)(C(=O)O)C3C2=O)cc1. The lowest BCUT2D eigenvalue weighted by molar-refractivity contribution is -0.150. The Bertz CT molecular complexity index is 1320. The number of ketones is 1. The van der Waals surface area contributed by atoms with E-state index in [0.717, 1.165) is 37.0 Å². The van der Waals surface area contributed by atoms with Gasteiger partial charge in [0.2, 0.25) is 11.8 Å². The van der Waals surface area contributed by atoms with Crippen LogP contribution in [0, 0.1) is 17.8 Å². The number of carboxylic acids is 1. The van der Waals surface area contributed by atoms with E-state index in [1.165, 1.54) is 25.1 Å². The standard InChI is InChI=1S/C28H27Cl3N2O5/c1-14(34)16-7-9-18(10-8-16)33-25(35)21-22(26(33)36)28(27(37)38,13-15-5-3-2-4-6-15)32-24(21)19-11-17(29)12-20(30)23(19)31/h7-12,15,21-22,24,32H,2-6,13H2,1H3,(H,37,38). The van der Waals surface area contributed by atoms with Gasteiger partial charge in [-0.15, -0.1) is 0 Å². The normalized spacial score (nSPS) is 27.6. The van der Waals surface area contributed by atoms with Crippen molar-refractivity contribution in [1.82, 2.24) is 5.32 Å². The molecule has 38 heavy (non-hydrogen) atoms. The Balaban J connectivity index is 1.64. The Hall–Kier alpha value is -2.45. The number of amides is 2. The maximum atomic E-state index is 14.0. The summed E-state index contributed by atoms with van der Waals surface area (Å²) < 4.78 is 0. The Labute approximate surface area is 235 Å². The number of benzene rings is 2. The molecule has 2 amide bonds. The molecule has 1 aliphatic carbocycles. The number of fused-ring (bicyclic) bond motifs is 1. The summed E-state index contributed by atoms with van der Waals surface area (Å²) in [5.74, 6) is -4.57. The van der Waals surface area contributed by atoms with Gasteiger partial charge >= 0.3 is 5.97 Å². The Morgan fingerprint density at radius 1 is 1.03 bits per heavy atom. The molecule has 1 saturated carbocycles. The van der Waals surface area contributed by atoms with Crippen LogP contribution in [0.2, 0.25) is 15.1 Å². The molecular weight excluding hydrogens is 551 g/mol. The number of anilines is 1. The zero-order valence-corrected chi connectivity index (χ0v) is 22.9. The number of nitrogens with one attached hydrogen (secondary N) is 1. The van der Waals surface area contributed by atoms with Crippen molar-refractivity contribution in [3.8, 4) is 0 Å². The highest BCUT2D eigenvalue weighted by atomic mass is 35.5. The van der Waals surface area contributed by atoms with Crippen LogP contribution in [0.3, 0.4) is 0 Å². The number of nitrogens with zero attached hydrogens (tertiary/aromatic N) is 1. The fraction of sp³-hybridized carbons (Fsp3) is 0.429. The summed E-state index contributed by atoms with van der Waals surface area (Å²) in [6, 6.07) is 8.28. The van der Waals surface area contributed by atoms with E-state index in [4.69, 9.17) is 34.8 Å². The zero-order chi connectivity index (χ0) is 27.4. The molecule has 3 fully saturated rings. The van der Waals surface area contributed by atoms with Crippen molar-refractivity contribution in [3.05, 3.63) is 62.6 Å². The van der Waals surface area contributed by atoms with Crippen LogP contribution in [0.1, 0.15) is 67.4 Å². The molecule has 0 spiro atoms. The lowest BCUT2D eigenvalue weighted by Crippen LogP contribution is -2.57. The van der Waals surface area contributed by atoms with Gasteiger partial charge < -0.3 is 5.11 Å². The van der Waals surface area contributed by atoms with Crippen molar-refractivity contribution < 1.29 is 24.3 Å². The lowest BCUT2D eigenvalue weighted by atomic mass is 9.72. The highest BCUT2D eigenvalue weighted by molar-refractivity contribution is 6.43.